The lowest BCUT2D eigenvalue weighted by Crippen LogP contribution is -2.50. The molecular formula is C14H27N3O2. The number of hydrogen-bond donors (Lipinski definition) is 2. The van der Waals surface area contributed by atoms with E-state index in [1.165, 1.54) is 19.3 Å². The summed E-state index contributed by atoms with van der Waals surface area (Å²) in [6.45, 7) is 4.12. The van der Waals surface area contributed by atoms with Gasteiger partial charge < -0.3 is 15.4 Å². The molecule has 110 valence electrons. The van der Waals surface area contributed by atoms with Crippen LogP contribution in [0.3, 0.4) is 0 Å². The number of amides is 1. The Morgan fingerprint density at radius 1 is 1.26 bits per heavy atom. The molecule has 2 N–H and O–H groups in total. The first-order valence-corrected chi connectivity index (χ1v) is 7.55. The van der Waals surface area contributed by atoms with Gasteiger partial charge >= 0.3 is 0 Å². The van der Waals surface area contributed by atoms with Gasteiger partial charge in [-0.25, -0.2) is 0 Å². The highest BCUT2D eigenvalue weighted by molar-refractivity contribution is 5.78. The Labute approximate surface area is 116 Å². The van der Waals surface area contributed by atoms with Crippen molar-refractivity contribution < 1.29 is 9.53 Å². The van der Waals surface area contributed by atoms with E-state index in [-0.39, 0.29) is 5.91 Å². The number of hydrogen-bond acceptors (Lipinski definition) is 4. The summed E-state index contributed by atoms with van der Waals surface area (Å²) >= 11 is 0. The maximum atomic E-state index is 12.1. The molecule has 0 radical (unpaired) electrons. The largest absolute Gasteiger partial charge is 0.381 e. The number of nitrogens with one attached hydrogen (secondary N) is 2. The van der Waals surface area contributed by atoms with Crippen molar-refractivity contribution in [1.82, 2.24) is 15.5 Å². The Hall–Kier alpha value is -0.650. The molecule has 2 rings (SSSR count). The maximum absolute atomic E-state index is 12.1. The molecule has 0 aromatic rings. The van der Waals surface area contributed by atoms with E-state index in [0.29, 0.717) is 18.6 Å². The molecule has 5 nitrogen and oxygen atoms in total. The summed E-state index contributed by atoms with van der Waals surface area (Å²) in [5, 5.41) is 6.38. The van der Waals surface area contributed by atoms with Gasteiger partial charge in [0.1, 0.15) is 0 Å². The van der Waals surface area contributed by atoms with E-state index < -0.39 is 0 Å². The van der Waals surface area contributed by atoms with Crippen LogP contribution in [0.1, 0.15) is 32.1 Å². The fourth-order valence-corrected chi connectivity index (χ4v) is 3.03. The minimum atomic E-state index is 0.176. The summed E-state index contributed by atoms with van der Waals surface area (Å²) in [6, 6.07) is 0.827. The third kappa shape index (κ3) is 4.75. The molecule has 2 saturated heterocycles. The number of likely N-dealkylation sites (N-methyl/N-ethyl adjacent to an activating group) is 1. The minimum absolute atomic E-state index is 0.176. The molecule has 0 aliphatic carbocycles. The fraction of sp³-hybridized carbons (Fsp3) is 0.929. The normalized spacial score (nSPS) is 26.3. The quantitative estimate of drug-likeness (QED) is 0.756. The van der Waals surface area contributed by atoms with Gasteiger partial charge in [-0.15, -0.1) is 0 Å². The molecule has 5 heteroatoms. The number of nitrogens with zero attached hydrogens (tertiary/aromatic N) is 1. The molecule has 1 amide bonds. The zero-order valence-electron chi connectivity index (χ0n) is 12.0. The van der Waals surface area contributed by atoms with Gasteiger partial charge in [-0.3, -0.25) is 9.69 Å². The van der Waals surface area contributed by atoms with Gasteiger partial charge in [0.15, 0.2) is 0 Å². The van der Waals surface area contributed by atoms with Crippen LogP contribution in [0.4, 0.5) is 0 Å². The van der Waals surface area contributed by atoms with Crippen LogP contribution in [0, 0.1) is 0 Å². The van der Waals surface area contributed by atoms with Gasteiger partial charge in [-0.2, -0.15) is 0 Å². The lowest BCUT2D eigenvalue weighted by atomic mass is 10.0. The second kappa shape index (κ2) is 7.82. The second-order valence-corrected chi connectivity index (χ2v) is 5.63. The standard InChI is InChI=1S/C14H27N3O2/c1-15-10-13-4-2-3-7-17(13)11-14(18)16-12-5-8-19-9-6-12/h12-13,15H,2-11H2,1H3,(H,16,18). The number of likely N-dealkylation sites (tertiary alicyclic amines) is 1. The van der Waals surface area contributed by atoms with E-state index in [9.17, 15) is 4.79 Å². The topological polar surface area (TPSA) is 53.6 Å². The maximum Gasteiger partial charge on any atom is 0.234 e. The molecule has 2 heterocycles. The SMILES string of the molecule is CNCC1CCCCN1CC(=O)NC1CCOCC1. The van der Waals surface area contributed by atoms with E-state index in [1.807, 2.05) is 7.05 Å². The highest BCUT2D eigenvalue weighted by Crippen LogP contribution is 2.16. The first-order chi connectivity index (χ1) is 9.29. The van der Waals surface area contributed by atoms with Crippen LogP contribution in [-0.2, 0) is 9.53 Å². The van der Waals surface area contributed by atoms with Crippen molar-refractivity contribution in [2.75, 3.05) is 39.9 Å². The Bertz CT molecular complexity index is 278. The Balaban J connectivity index is 1.75. The lowest BCUT2D eigenvalue weighted by molar-refractivity contribution is -0.124. The van der Waals surface area contributed by atoms with Crippen LogP contribution in [0.25, 0.3) is 0 Å². The van der Waals surface area contributed by atoms with Crippen LogP contribution < -0.4 is 10.6 Å². The summed E-state index contributed by atoms with van der Waals surface area (Å²) in [5.41, 5.74) is 0. The molecule has 19 heavy (non-hydrogen) atoms. The van der Waals surface area contributed by atoms with E-state index in [2.05, 4.69) is 15.5 Å². The van der Waals surface area contributed by atoms with Crippen LogP contribution in [0.5, 0.6) is 0 Å². The van der Waals surface area contributed by atoms with E-state index in [0.717, 1.165) is 39.1 Å². The predicted molar refractivity (Wildman–Crippen MR) is 75.1 cm³/mol. The molecular weight excluding hydrogens is 242 g/mol. The Morgan fingerprint density at radius 3 is 2.79 bits per heavy atom. The molecule has 0 bridgehead atoms. The molecule has 2 fully saturated rings. The summed E-state index contributed by atoms with van der Waals surface area (Å²) in [6.07, 6.45) is 5.60. The first kappa shape index (κ1) is 14.8. The number of ether oxygens (including phenoxy) is 1. The number of carbonyl (C=O) groups is 1. The van der Waals surface area contributed by atoms with Gasteiger partial charge in [0.25, 0.3) is 0 Å². The third-order valence-electron chi connectivity index (χ3n) is 4.12. The van der Waals surface area contributed by atoms with Crippen molar-refractivity contribution >= 4 is 5.91 Å². The number of rotatable bonds is 5. The van der Waals surface area contributed by atoms with E-state index in [4.69, 9.17) is 4.74 Å². The van der Waals surface area contributed by atoms with Gasteiger partial charge in [-0.05, 0) is 39.3 Å². The molecule has 0 spiro atoms. The Kier molecular flexibility index (Phi) is 6.07. The van der Waals surface area contributed by atoms with Crippen molar-refractivity contribution in [1.29, 1.82) is 0 Å². The Morgan fingerprint density at radius 2 is 2.05 bits per heavy atom. The molecule has 1 unspecified atom stereocenters. The molecule has 2 aliphatic heterocycles. The van der Waals surface area contributed by atoms with Crippen molar-refractivity contribution in [3.05, 3.63) is 0 Å². The minimum Gasteiger partial charge on any atom is -0.381 e. The van der Waals surface area contributed by atoms with Crippen molar-refractivity contribution in [3.63, 3.8) is 0 Å². The number of piperidine rings is 1. The smallest absolute Gasteiger partial charge is 0.234 e. The molecule has 1 atom stereocenters. The average Bonchev–Trinajstić information content (AvgIpc) is 2.42. The van der Waals surface area contributed by atoms with Gasteiger partial charge in [-0.1, -0.05) is 6.42 Å². The van der Waals surface area contributed by atoms with Gasteiger partial charge in [0.2, 0.25) is 5.91 Å². The molecule has 2 aliphatic rings. The molecule has 0 saturated carbocycles. The van der Waals surface area contributed by atoms with E-state index in [1.54, 1.807) is 0 Å². The third-order valence-corrected chi connectivity index (χ3v) is 4.12. The highest BCUT2D eigenvalue weighted by atomic mass is 16.5. The summed E-state index contributed by atoms with van der Waals surface area (Å²) in [4.78, 5) is 14.4. The van der Waals surface area contributed by atoms with Crippen molar-refractivity contribution in [2.24, 2.45) is 0 Å². The monoisotopic (exact) mass is 269 g/mol. The van der Waals surface area contributed by atoms with Crippen LogP contribution >= 0.6 is 0 Å². The first-order valence-electron chi connectivity index (χ1n) is 7.55. The second-order valence-electron chi connectivity index (χ2n) is 5.63. The highest BCUT2D eigenvalue weighted by Gasteiger charge is 2.24. The summed E-state index contributed by atoms with van der Waals surface area (Å²) in [7, 11) is 1.98. The lowest BCUT2D eigenvalue weighted by Gasteiger charge is -2.35. The zero-order valence-corrected chi connectivity index (χ0v) is 12.0. The molecule has 0 aromatic heterocycles. The van der Waals surface area contributed by atoms with E-state index >= 15 is 0 Å². The molecule has 0 aromatic carbocycles. The van der Waals surface area contributed by atoms with Gasteiger partial charge in [0, 0.05) is 31.8 Å². The predicted octanol–water partition coefficient (Wildman–Crippen LogP) is 0.356. The fourth-order valence-electron chi connectivity index (χ4n) is 3.03. The van der Waals surface area contributed by atoms with Crippen LogP contribution in [-0.4, -0.2) is 62.8 Å². The van der Waals surface area contributed by atoms with Crippen molar-refractivity contribution in [2.45, 2.75) is 44.2 Å². The summed E-state index contributed by atoms with van der Waals surface area (Å²) < 4.78 is 5.31. The zero-order chi connectivity index (χ0) is 13.5. The number of carbonyl (C=O) groups excluding carboxylic acids is 1. The van der Waals surface area contributed by atoms with Crippen molar-refractivity contribution in [3.8, 4) is 0 Å². The van der Waals surface area contributed by atoms with Crippen LogP contribution in [0.2, 0.25) is 0 Å². The average molecular weight is 269 g/mol. The van der Waals surface area contributed by atoms with Crippen LogP contribution in [0.15, 0.2) is 0 Å². The van der Waals surface area contributed by atoms with Gasteiger partial charge in [0.05, 0.1) is 6.54 Å². The summed E-state index contributed by atoms with van der Waals surface area (Å²) in [5.74, 6) is 0.176.